The molecular weight excluding hydrogens is 218 g/mol. The molecular formula is C10H11N7. The van der Waals surface area contributed by atoms with Gasteiger partial charge in [-0.1, -0.05) is 0 Å². The molecule has 0 aromatic carbocycles. The van der Waals surface area contributed by atoms with Gasteiger partial charge in [-0.2, -0.15) is 15.5 Å². The van der Waals surface area contributed by atoms with Crippen molar-refractivity contribution in [2.45, 2.75) is 6.54 Å². The highest BCUT2D eigenvalue weighted by Crippen LogP contribution is 2.07. The van der Waals surface area contributed by atoms with Crippen molar-refractivity contribution in [1.29, 1.82) is 5.26 Å². The summed E-state index contributed by atoms with van der Waals surface area (Å²) in [6, 6.07) is 3.65. The molecule has 0 saturated carbocycles. The maximum absolute atomic E-state index is 8.85. The Kier molecular flexibility index (Phi) is 3.16. The van der Waals surface area contributed by atoms with Gasteiger partial charge in [0.25, 0.3) is 0 Å². The number of nitrogens with two attached hydrogens (primary N) is 1. The van der Waals surface area contributed by atoms with Gasteiger partial charge in [-0.3, -0.25) is 4.68 Å². The summed E-state index contributed by atoms with van der Waals surface area (Å²) in [7, 11) is 0. The molecule has 0 fully saturated rings. The first-order valence-corrected chi connectivity index (χ1v) is 5.03. The Morgan fingerprint density at radius 1 is 1.53 bits per heavy atom. The average molecular weight is 229 g/mol. The van der Waals surface area contributed by atoms with Gasteiger partial charge in [-0.25, -0.2) is 0 Å². The molecule has 3 N–H and O–H groups in total. The number of nitrogens with one attached hydrogen (secondary N) is 1. The molecule has 0 bridgehead atoms. The summed E-state index contributed by atoms with van der Waals surface area (Å²) in [6.07, 6.45) is 4.81. The molecule has 2 aromatic rings. The van der Waals surface area contributed by atoms with Gasteiger partial charge >= 0.3 is 0 Å². The van der Waals surface area contributed by atoms with Gasteiger partial charge in [-0.15, -0.1) is 5.10 Å². The molecule has 7 nitrogen and oxygen atoms in total. The molecule has 0 saturated heterocycles. The molecule has 0 amide bonds. The molecule has 0 spiro atoms. The minimum atomic E-state index is 0.472. The van der Waals surface area contributed by atoms with Crippen LogP contribution in [0.4, 0.5) is 11.5 Å². The quantitative estimate of drug-likeness (QED) is 0.777. The molecule has 17 heavy (non-hydrogen) atoms. The van der Waals surface area contributed by atoms with Gasteiger partial charge < -0.3 is 11.1 Å². The van der Waals surface area contributed by atoms with E-state index in [4.69, 9.17) is 11.0 Å². The molecule has 0 unspecified atom stereocenters. The Hall–Kier alpha value is -2.62. The first-order valence-electron chi connectivity index (χ1n) is 5.03. The Bertz CT molecular complexity index is 540. The second-order valence-corrected chi connectivity index (χ2v) is 3.37. The molecule has 86 valence electrons. The minimum Gasteiger partial charge on any atom is -0.396 e. The van der Waals surface area contributed by atoms with Crippen LogP contribution in [-0.2, 0) is 6.54 Å². The molecule has 7 heteroatoms. The maximum atomic E-state index is 8.85. The van der Waals surface area contributed by atoms with Crippen LogP contribution in [0.25, 0.3) is 0 Å². The monoisotopic (exact) mass is 229 g/mol. The van der Waals surface area contributed by atoms with E-state index in [1.54, 1.807) is 23.1 Å². The molecule has 0 radical (unpaired) electrons. The second-order valence-electron chi connectivity index (χ2n) is 3.37. The zero-order valence-corrected chi connectivity index (χ0v) is 9.04. The summed E-state index contributed by atoms with van der Waals surface area (Å²) in [5, 5.41) is 23.5. The van der Waals surface area contributed by atoms with Gasteiger partial charge in [0.2, 0.25) is 0 Å². The highest BCUT2D eigenvalue weighted by molar-refractivity contribution is 5.49. The fourth-order valence-electron chi connectivity index (χ4n) is 1.34. The zero-order valence-electron chi connectivity index (χ0n) is 9.04. The van der Waals surface area contributed by atoms with Crippen LogP contribution in [0.1, 0.15) is 5.56 Å². The number of nitriles is 1. The van der Waals surface area contributed by atoms with Crippen molar-refractivity contribution in [3.8, 4) is 6.07 Å². The third kappa shape index (κ3) is 2.69. The van der Waals surface area contributed by atoms with Crippen molar-refractivity contribution >= 4 is 11.5 Å². The minimum absolute atomic E-state index is 0.472. The van der Waals surface area contributed by atoms with E-state index in [9.17, 15) is 0 Å². The summed E-state index contributed by atoms with van der Waals surface area (Å²) < 4.78 is 1.71. The van der Waals surface area contributed by atoms with Crippen molar-refractivity contribution < 1.29 is 0 Å². The number of aromatic nitrogens is 4. The number of nitrogens with zero attached hydrogens (tertiary/aromatic N) is 5. The van der Waals surface area contributed by atoms with E-state index >= 15 is 0 Å². The van der Waals surface area contributed by atoms with Crippen LogP contribution in [0.2, 0.25) is 0 Å². The van der Waals surface area contributed by atoms with Crippen LogP contribution in [0, 0.1) is 11.3 Å². The molecule has 2 rings (SSSR count). The summed E-state index contributed by atoms with van der Waals surface area (Å²) in [5.74, 6) is 0.482. The largest absolute Gasteiger partial charge is 0.396 e. The van der Waals surface area contributed by atoms with Gasteiger partial charge in [0, 0.05) is 12.7 Å². The summed E-state index contributed by atoms with van der Waals surface area (Å²) in [4.78, 5) is 0. The third-order valence-corrected chi connectivity index (χ3v) is 2.13. The molecule has 2 heterocycles. The number of rotatable bonds is 4. The Labute approximate surface area is 97.9 Å². The van der Waals surface area contributed by atoms with E-state index in [2.05, 4.69) is 20.6 Å². The normalized spacial score (nSPS) is 9.82. The van der Waals surface area contributed by atoms with E-state index in [-0.39, 0.29) is 0 Å². The van der Waals surface area contributed by atoms with Crippen molar-refractivity contribution in [2.75, 3.05) is 17.6 Å². The van der Waals surface area contributed by atoms with E-state index in [1.807, 2.05) is 6.07 Å². The van der Waals surface area contributed by atoms with E-state index < -0.39 is 0 Å². The van der Waals surface area contributed by atoms with Gasteiger partial charge in [0.05, 0.1) is 30.2 Å². The highest BCUT2D eigenvalue weighted by atomic mass is 15.3. The van der Waals surface area contributed by atoms with Crippen LogP contribution in [0.15, 0.2) is 24.7 Å². The lowest BCUT2D eigenvalue weighted by atomic mass is 10.3. The standard InChI is InChI=1S/C10H11N7/c11-5-8-1-2-14-16-10(8)13-3-4-17-7-9(12)6-15-17/h1-2,6-7H,3-4,12H2,(H,13,16). The lowest BCUT2D eigenvalue weighted by Gasteiger charge is -2.05. The van der Waals surface area contributed by atoms with Crippen molar-refractivity contribution in [2.24, 2.45) is 0 Å². The zero-order chi connectivity index (χ0) is 12.1. The van der Waals surface area contributed by atoms with Gasteiger partial charge in [-0.05, 0) is 6.07 Å². The lowest BCUT2D eigenvalue weighted by Crippen LogP contribution is -2.12. The average Bonchev–Trinajstić information content (AvgIpc) is 2.76. The Morgan fingerprint density at radius 2 is 2.41 bits per heavy atom. The van der Waals surface area contributed by atoms with Crippen LogP contribution in [0.5, 0.6) is 0 Å². The predicted octanol–water partition coefficient (Wildman–Crippen LogP) is 0.239. The molecule has 0 aliphatic rings. The Balaban J connectivity index is 1.92. The number of hydrogen-bond acceptors (Lipinski definition) is 6. The van der Waals surface area contributed by atoms with E-state index in [0.29, 0.717) is 30.2 Å². The highest BCUT2D eigenvalue weighted by Gasteiger charge is 2.02. The molecule has 0 aliphatic heterocycles. The van der Waals surface area contributed by atoms with Crippen molar-refractivity contribution in [3.63, 3.8) is 0 Å². The number of hydrogen-bond donors (Lipinski definition) is 2. The van der Waals surface area contributed by atoms with Crippen LogP contribution in [0.3, 0.4) is 0 Å². The lowest BCUT2D eigenvalue weighted by molar-refractivity contribution is 0.636. The summed E-state index contributed by atoms with van der Waals surface area (Å²) in [6.45, 7) is 1.23. The SMILES string of the molecule is N#Cc1ccnnc1NCCn1cc(N)cn1. The van der Waals surface area contributed by atoms with Crippen LogP contribution in [-0.4, -0.2) is 26.5 Å². The van der Waals surface area contributed by atoms with E-state index in [0.717, 1.165) is 0 Å². The van der Waals surface area contributed by atoms with Crippen LogP contribution >= 0.6 is 0 Å². The van der Waals surface area contributed by atoms with E-state index in [1.165, 1.54) is 6.20 Å². The second kappa shape index (κ2) is 4.94. The maximum Gasteiger partial charge on any atom is 0.166 e. The van der Waals surface area contributed by atoms with Gasteiger partial charge in [0.1, 0.15) is 6.07 Å². The molecule has 0 aliphatic carbocycles. The van der Waals surface area contributed by atoms with Gasteiger partial charge in [0.15, 0.2) is 5.82 Å². The topological polar surface area (TPSA) is 105 Å². The summed E-state index contributed by atoms with van der Waals surface area (Å²) in [5.41, 5.74) is 6.64. The Morgan fingerprint density at radius 3 is 3.12 bits per heavy atom. The fourth-order valence-corrected chi connectivity index (χ4v) is 1.34. The molecule has 0 atom stereocenters. The summed E-state index contributed by atoms with van der Waals surface area (Å²) >= 11 is 0. The third-order valence-electron chi connectivity index (χ3n) is 2.13. The first kappa shape index (κ1) is 10.9. The van der Waals surface area contributed by atoms with Crippen molar-refractivity contribution in [1.82, 2.24) is 20.0 Å². The number of anilines is 2. The van der Waals surface area contributed by atoms with Crippen molar-refractivity contribution in [3.05, 3.63) is 30.2 Å². The fraction of sp³-hybridized carbons (Fsp3) is 0.200. The molecule has 2 aromatic heterocycles. The van der Waals surface area contributed by atoms with Crippen LogP contribution < -0.4 is 11.1 Å². The number of nitrogen functional groups attached to an aromatic ring is 1. The first-order chi connectivity index (χ1) is 8.29. The predicted molar refractivity (Wildman–Crippen MR) is 61.9 cm³/mol. The smallest absolute Gasteiger partial charge is 0.166 e.